The van der Waals surface area contributed by atoms with E-state index in [9.17, 15) is 18.0 Å². The summed E-state index contributed by atoms with van der Waals surface area (Å²) in [4.78, 5) is 17.4. The first-order chi connectivity index (χ1) is 13.8. The smallest absolute Gasteiger partial charge is 0.422 e. The van der Waals surface area contributed by atoms with Gasteiger partial charge in [0.2, 0.25) is 5.89 Å². The van der Waals surface area contributed by atoms with Crippen LogP contribution in [0, 0.1) is 6.92 Å². The number of anilines is 1. The molecule has 1 N–H and O–H groups in total. The Hall–Kier alpha value is -3.01. The molecular formula is C19H16F3N3O3S. The highest BCUT2D eigenvalue weighted by molar-refractivity contribution is 7.98. The number of hydrogen-bond donors (Lipinski definition) is 1. The van der Waals surface area contributed by atoms with Crippen molar-refractivity contribution in [3.8, 4) is 5.75 Å². The number of thioether (sulfide) groups is 1. The number of alkyl halides is 3. The monoisotopic (exact) mass is 423 g/mol. The van der Waals surface area contributed by atoms with Gasteiger partial charge in [0.25, 0.3) is 5.91 Å². The molecule has 6 nitrogen and oxygen atoms in total. The molecule has 0 aliphatic carbocycles. The zero-order valence-electron chi connectivity index (χ0n) is 15.2. The molecule has 0 aliphatic heterocycles. The van der Waals surface area contributed by atoms with E-state index in [0.29, 0.717) is 28.7 Å². The van der Waals surface area contributed by atoms with E-state index in [1.807, 2.05) is 0 Å². The maximum absolute atomic E-state index is 12.3. The van der Waals surface area contributed by atoms with E-state index >= 15 is 0 Å². The topological polar surface area (TPSA) is 77.2 Å². The molecular weight excluding hydrogens is 407 g/mol. The van der Waals surface area contributed by atoms with E-state index < -0.39 is 12.8 Å². The predicted molar refractivity (Wildman–Crippen MR) is 101 cm³/mol. The SMILES string of the molecule is Cc1noc(CSc2ccc(C(=O)Nc3ccc(OCC(F)(F)F)cc3)cc2)n1. The molecule has 0 saturated heterocycles. The number of ether oxygens (including phenoxy) is 1. The summed E-state index contributed by atoms with van der Waals surface area (Å²) in [6, 6.07) is 12.6. The number of amides is 1. The van der Waals surface area contributed by atoms with Gasteiger partial charge >= 0.3 is 6.18 Å². The van der Waals surface area contributed by atoms with Gasteiger partial charge in [0, 0.05) is 16.1 Å². The molecule has 0 fully saturated rings. The number of nitrogens with one attached hydrogen (secondary N) is 1. The van der Waals surface area contributed by atoms with E-state index in [0.717, 1.165) is 4.90 Å². The quantitative estimate of drug-likeness (QED) is 0.547. The Morgan fingerprint density at radius 1 is 1.14 bits per heavy atom. The van der Waals surface area contributed by atoms with Crippen LogP contribution in [0.15, 0.2) is 57.9 Å². The van der Waals surface area contributed by atoms with Gasteiger partial charge in [-0.15, -0.1) is 11.8 Å². The molecule has 0 saturated carbocycles. The minimum Gasteiger partial charge on any atom is -0.484 e. The highest BCUT2D eigenvalue weighted by Gasteiger charge is 2.28. The predicted octanol–water partition coefficient (Wildman–Crippen LogP) is 4.86. The first-order valence-corrected chi connectivity index (χ1v) is 9.40. The number of carbonyl (C=O) groups is 1. The van der Waals surface area contributed by atoms with Gasteiger partial charge in [-0.3, -0.25) is 4.79 Å². The van der Waals surface area contributed by atoms with Crippen molar-refractivity contribution in [3.05, 3.63) is 65.8 Å². The van der Waals surface area contributed by atoms with Gasteiger partial charge in [-0.1, -0.05) is 5.16 Å². The molecule has 1 aromatic heterocycles. The second-order valence-electron chi connectivity index (χ2n) is 5.93. The van der Waals surface area contributed by atoms with E-state index in [1.165, 1.54) is 36.0 Å². The lowest BCUT2D eigenvalue weighted by molar-refractivity contribution is -0.153. The third-order valence-corrected chi connectivity index (χ3v) is 4.56. The summed E-state index contributed by atoms with van der Waals surface area (Å²) in [6.45, 7) is 0.378. The summed E-state index contributed by atoms with van der Waals surface area (Å²) in [5.74, 6) is 1.36. The van der Waals surface area contributed by atoms with E-state index in [1.54, 1.807) is 31.2 Å². The fourth-order valence-corrected chi connectivity index (χ4v) is 2.99. The van der Waals surface area contributed by atoms with Crippen LogP contribution in [-0.4, -0.2) is 28.8 Å². The number of aromatic nitrogens is 2. The number of halogens is 3. The summed E-state index contributed by atoms with van der Waals surface area (Å²) in [5.41, 5.74) is 0.889. The lowest BCUT2D eigenvalue weighted by Gasteiger charge is -2.10. The van der Waals surface area contributed by atoms with Crippen molar-refractivity contribution in [3.63, 3.8) is 0 Å². The van der Waals surface area contributed by atoms with Crippen LogP contribution in [0.3, 0.4) is 0 Å². The summed E-state index contributed by atoms with van der Waals surface area (Å²) < 4.78 is 46.1. The Morgan fingerprint density at radius 2 is 1.83 bits per heavy atom. The third-order valence-electron chi connectivity index (χ3n) is 3.56. The molecule has 0 bridgehead atoms. The van der Waals surface area contributed by atoms with Gasteiger partial charge < -0.3 is 14.6 Å². The number of hydrogen-bond acceptors (Lipinski definition) is 6. The summed E-state index contributed by atoms with van der Waals surface area (Å²) >= 11 is 1.50. The number of aryl methyl sites for hydroxylation is 1. The average molecular weight is 423 g/mol. The Bertz CT molecular complexity index is 957. The second-order valence-corrected chi connectivity index (χ2v) is 6.98. The van der Waals surface area contributed by atoms with E-state index in [2.05, 4.69) is 20.2 Å². The normalized spacial score (nSPS) is 11.3. The molecule has 0 atom stereocenters. The van der Waals surface area contributed by atoms with Crippen molar-refractivity contribution >= 4 is 23.4 Å². The Labute approximate surface area is 168 Å². The molecule has 1 heterocycles. The van der Waals surface area contributed by atoms with Crippen LogP contribution in [-0.2, 0) is 5.75 Å². The first-order valence-electron chi connectivity index (χ1n) is 8.41. The zero-order chi connectivity index (χ0) is 20.9. The summed E-state index contributed by atoms with van der Waals surface area (Å²) in [7, 11) is 0. The first kappa shape index (κ1) is 20.7. The molecule has 29 heavy (non-hydrogen) atoms. The molecule has 0 spiro atoms. The van der Waals surface area contributed by atoms with Crippen molar-refractivity contribution in [2.24, 2.45) is 0 Å². The minimum atomic E-state index is -4.40. The Balaban J connectivity index is 1.52. The highest BCUT2D eigenvalue weighted by Crippen LogP contribution is 2.23. The van der Waals surface area contributed by atoms with Crippen LogP contribution in [0.4, 0.5) is 18.9 Å². The van der Waals surface area contributed by atoms with Gasteiger partial charge in [-0.05, 0) is 55.5 Å². The van der Waals surface area contributed by atoms with Crippen LogP contribution in [0.5, 0.6) is 5.75 Å². The van der Waals surface area contributed by atoms with Gasteiger partial charge in [0.05, 0.1) is 5.75 Å². The minimum absolute atomic E-state index is 0.0677. The van der Waals surface area contributed by atoms with Crippen molar-refractivity contribution in [1.29, 1.82) is 0 Å². The van der Waals surface area contributed by atoms with Crippen LogP contribution >= 0.6 is 11.8 Å². The van der Waals surface area contributed by atoms with Gasteiger partial charge in [0.1, 0.15) is 5.75 Å². The van der Waals surface area contributed by atoms with Crippen LogP contribution < -0.4 is 10.1 Å². The Kier molecular flexibility index (Phi) is 6.42. The summed E-state index contributed by atoms with van der Waals surface area (Å²) in [6.07, 6.45) is -4.40. The van der Waals surface area contributed by atoms with Gasteiger partial charge in [-0.25, -0.2) is 0 Å². The molecule has 0 aliphatic rings. The molecule has 3 aromatic rings. The highest BCUT2D eigenvalue weighted by atomic mass is 32.2. The molecule has 3 rings (SSSR count). The fraction of sp³-hybridized carbons (Fsp3) is 0.211. The van der Waals surface area contributed by atoms with Crippen molar-refractivity contribution < 1.29 is 27.2 Å². The van der Waals surface area contributed by atoms with Crippen molar-refractivity contribution in [2.45, 2.75) is 23.7 Å². The number of carbonyl (C=O) groups excluding carboxylic acids is 1. The zero-order valence-corrected chi connectivity index (χ0v) is 16.0. The van der Waals surface area contributed by atoms with Crippen molar-refractivity contribution in [2.75, 3.05) is 11.9 Å². The third kappa shape index (κ3) is 6.53. The largest absolute Gasteiger partial charge is 0.484 e. The van der Waals surface area contributed by atoms with E-state index in [4.69, 9.17) is 4.52 Å². The average Bonchev–Trinajstić information content (AvgIpc) is 3.11. The van der Waals surface area contributed by atoms with Gasteiger partial charge in [0.15, 0.2) is 12.4 Å². The maximum atomic E-state index is 12.3. The Morgan fingerprint density at radius 3 is 2.41 bits per heavy atom. The van der Waals surface area contributed by atoms with Crippen LogP contribution in [0.1, 0.15) is 22.1 Å². The lowest BCUT2D eigenvalue weighted by atomic mass is 10.2. The second kappa shape index (κ2) is 8.99. The van der Waals surface area contributed by atoms with Crippen LogP contribution in [0.25, 0.3) is 0 Å². The number of rotatable bonds is 7. The number of nitrogens with zero attached hydrogens (tertiary/aromatic N) is 2. The summed E-state index contributed by atoms with van der Waals surface area (Å²) in [5, 5.41) is 6.40. The molecule has 0 radical (unpaired) electrons. The lowest BCUT2D eigenvalue weighted by Crippen LogP contribution is -2.19. The van der Waals surface area contributed by atoms with E-state index in [-0.39, 0.29) is 11.7 Å². The molecule has 10 heteroatoms. The van der Waals surface area contributed by atoms with Crippen LogP contribution in [0.2, 0.25) is 0 Å². The number of benzene rings is 2. The molecule has 1 amide bonds. The van der Waals surface area contributed by atoms with Gasteiger partial charge in [-0.2, -0.15) is 18.2 Å². The standard InChI is InChI=1S/C19H16F3N3O3S/c1-12-23-17(28-25-12)10-29-16-8-2-13(3-9-16)18(26)24-14-4-6-15(7-5-14)27-11-19(20,21)22/h2-9H,10-11H2,1H3,(H,24,26). The fourth-order valence-electron chi connectivity index (χ4n) is 2.25. The molecule has 152 valence electrons. The van der Waals surface area contributed by atoms with Crippen molar-refractivity contribution in [1.82, 2.24) is 10.1 Å². The molecule has 0 unspecified atom stereocenters. The maximum Gasteiger partial charge on any atom is 0.422 e. The molecule has 2 aromatic carbocycles.